The van der Waals surface area contributed by atoms with Gasteiger partial charge in [-0.2, -0.15) is 0 Å². The predicted molar refractivity (Wildman–Crippen MR) is 128 cm³/mol. The number of halogens is 1. The smallest absolute Gasteiger partial charge is 0.414 e. The number of rotatable bonds is 9. The molecule has 2 atom stereocenters. The topological polar surface area (TPSA) is 133 Å². The van der Waals surface area contributed by atoms with E-state index in [2.05, 4.69) is 25.8 Å². The Hall–Kier alpha value is -4.39. The number of likely N-dealkylation sites (N-methyl/N-ethyl adjacent to an activating group) is 1. The molecule has 1 amide bonds. The van der Waals surface area contributed by atoms with Crippen LogP contribution in [-0.2, 0) is 25.7 Å². The number of carbonyl (C=O) groups excluding carboxylic acids is 2. The van der Waals surface area contributed by atoms with E-state index in [-0.39, 0.29) is 31.8 Å². The maximum Gasteiger partial charge on any atom is 0.414 e. The normalized spacial score (nSPS) is 18.9. The lowest BCUT2D eigenvalue weighted by atomic mass is 10.0. The van der Waals surface area contributed by atoms with E-state index < -0.39 is 18.0 Å². The van der Waals surface area contributed by atoms with Crippen LogP contribution < -0.4 is 10.2 Å². The summed E-state index contributed by atoms with van der Waals surface area (Å²) in [5.41, 5.74) is 2.51. The van der Waals surface area contributed by atoms with Gasteiger partial charge in [0.05, 0.1) is 37.2 Å². The summed E-state index contributed by atoms with van der Waals surface area (Å²) in [5, 5.41) is 14.4. The third kappa shape index (κ3) is 5.56. The fourth-order valence-corrected chi connectivity index (χ4v) is 4.05. The Labute approximate surface area is 211 Å². The van der Waals surface area contributed by atoms with Crippen molar-refractivity contribution in [2.45, 2.75) is 25.2 Å². The lowest BCUT2D eigenvalue weighted by molar-refractivity contribution is -0.146. The minimum Gasteiger partial charge on any atom is -0.461 e. The summed E-state index contributed by atoms with van der Waals surface area (Å²) in [6, 6.07) is 8.04. The van der Waals surface area contributed by atoms with Crippen LogP contribution in [0.5, 0.6) is 0 Å². The van der Waals surface area contributed by atoms with Crippen LogP contribution in [0.4, 0.5) is 14.9 Å². The summed E-state index contributed by atoms with van der Waals surface area (Å²) < 4.78 is 27.1. The van der Waals surface area contributed by atoms with Crippen LogP contribution in [0.1, 0.15) is 12.1 Å². The summed E-state index contributed by atoms with van der Waals surface area (Å²) in [6.07, 6.45) is 3.87. The van der Waals surface area contributed by atoms with Gasteiger partial charge in [0.2, 0.25) is 0 Å². The Balaban J connectivity index is 1.20. The number of cyclic esters (lactones) is 1. The van der Waals surface area contributed by atoms with Gasteiger partial charge in [0.15, 0.2) is 6.10 Å². The van der Waals surface area contributed by atoms with Gasteiger partial charge in [-0.25, -0.2) is 13.9 Å². The molecule has 5 rings (SSSR count). The van der Waals surface area contributed by atoms with Gasteiger partial charge in [0.1, 0.15) is 24.2 Å². The number of nitrogens with zero attached hydrogens (tertiary/aromatic N) is 6. The quantitative estimate of drug-likeness (QED) is 0.428. The van der Waals surface area contributed by atoms with Crippen LogP contribution in [0, 0.1) is 5.82 Å². The van der Waals surface area contributed by atoms with Crippen LogP contribution in [0.3, 0.4) is 0 Å². The molecule has 12 nitrogen and oxygen atoms in total. The van der Waals surface area contributed by atoms with Crippen LogP contribution in [0.25, 0.3) is 11.1 Å². The van der Waals surface area contributed by atoms with Crippen molar-refractivity contribution in [2.24, 2.45) is 5.16 Å². The molecule has 0 aliphatic carbocycles. The average Bonchev–Trinajstić information content (AvgIpc) is 3.65. The summed E-state index contributed by atoms with van der Waals surface area (Å²) in [4.78, 5) is 35.0. The number of hydrogen-bond donors (Lipinski definition) is 1. The van der Waals surface area contributed by atoms with Crippen molar-refractivity contribution in [3.63, 3.8) is 0 Å². The molecular formula is C24H24FN7O5. The molecule has 2 aromatic heterocycles. The minimum absolute atomic E-state index is 0.0922. The minimum atomic E-state index is -0.544. The maximum absolute atomic E-state index is 15.1. The van der Waals surface area contributed by atoms with E-state index in [4.69, 9.17) is 14.3 Å². The zero-order valence-electron chi connectivity index (χ0n) is 19.9. The molecule has 1 aromatic carbocycles. The maximum atomic E-state index is 15.1. The van der Waals surface area contributed by atoms with E-state index in [0.717, 1.165) is 0 Å². The van der Waals surface area contributed by atoms with Gasteiger partial charge in [-0.1, -0.05) is 16.4 Å². The monoisotopic (exact) mass is 509 g/mol. The highest BCUT2D eigenvalue weighted by Crippen LogP contribution is 2.29. The fourth-order valence-electron chi connectivity index (χ4n) is 4.05. The molecule has 0 spiro atoms. The molecule has 2 aliphatic rings. The Morgan fingerprint density at radius 3 is 2.89 bits per heavy atom. The van der Waals surface area contributed by atoms with Gasteiger partial charge in [-0.15, -0.1) is 5.10 Å². The van der Waals surface area contributed by atoms with Crippen molar-refractivity contribution in [1.82, 2.24) is 25.3 Å². The standard InChI is InChI=1S/C24H24FN7O5/c1-26-11-23(33)35-14-17-9-22(29-37-17)21-5-2-15(10-27-21)19-4-3-16(8-20(19)25)32-13-18(36-24(32)34)12-31-7-6-28-30-31/h2-8,10,17-18,26H,9,11-14H2,1H3/t17-,18-/m0/s1. The molecule has 2 aliphatic heterocycles. The van der Waals surface area contributed by atoms with E-state index in [0.29, 0.717) is 41.2 Å². The summed E-state index contributed by atoms with van der Waals surface area (Å²) >= 11 is 0. The highest BCUT2D eigenvalue weighted by Gasteiger charge is 2.33. The molecule has 0 radical (unpaired) electrons. The number of amides is 1. The Morgan fingerprint density at radius 1 is 1.27 bits per heavy atom. The molecule has 1 fully saturated rings. The number of ether oxygens (including phenoxy) is 2. The zero-order chi connectivity index (χ0) is 25.8. The first-order chi connectivity index (χ1) is 18.0. The second kappa shape index (κ2) is 10.7. The van der Waals surface area contributed by atoms with Gasteiger partial charge in [-0.05, 0) is 31.3 Å². The Bertz CT molecular complexity index is 1300. The van der Waals surface area contributed by atoms with Gasteiger partial charge < -0.3 is 19.6 Å². The third-order valence-corrected chi connectivity index (χ3v) is 5.86. The van der Waals surface area contributed by atoms with Gasteiger partial charge in [0.25, 0.3) is 0 Å². The van der Waals surface area contributed by atoms with Crippen molar-refractivity contribution in [1.29, 1.82) is 0 Å². The fraction of sp³-hybridized carbons (Fsp3) is 0.333. The first kappa shape index (κ1) is 24.3. The van der Waals surface area contributed by atoms with Crippen molar-refractivity contribution in [2.75, 3.05) is 31.6 Å². The van der Waals surface area contributed by atoms with Gasteiger partial charge in [-0.3, -0.25) is 14.7 Å². The lowest BCUT2D eigenvalue weighted by Gasteiger charge is -2.14. The van der Waals surface area contributed by atoms with E-state index >= 15 is 4.39 Å². The van der Waals surface area contributed by atoms with E-state index in [9.17, 15) is 9.59 Å². The predicted octanol–water partition coefficient (Wildman–Crippen LogP) is 1.76. The second-order valence-corrected chi connectivity index (χ2v) is 8.52. The van der Waals surface area contributed by atoms with Crippen molar-refractivity contribution >= 4 is 23.5 Å². The van der Waals surface area contributed by atoms with Gasteiger partial charge >= 0.3 is 12.1 Å². The number of aromatic nitrogens is 4. The molecule has 0 bridgehead atoms. The number of hydrogen-bond acceptors (Lipinski definition) is 10. The molecule has 0 unspecified atom stereocenters. The second-order valence-electron chi connectivity index (χ2n) is 8.52. The van der Waals surface area contributed by atoms with Crippen LogP contribution in [-0.4, -0.2) is 76.7 Å². The van der Waals surface area contributed by atoms with E-state index in [1.165, 1.54) is 11.0 Å². The van der Waals surface area contributed by atoms with Crippen molar-refractivity contribution < 1.29 is 28.3 Å². The summed E-state index contributed by atoms with van der Waals surface area (Å²) in [5.74, 6) is -0.868. The van der Waals surface area contributed by atoms with Gasteiger partial charge in [0, 0.05) is 29.9 Å². The largest absolute Gasteiger partial charge is 0.461 e. The molecule has 3 aromatic rings. The van der Waals surface area contributed by atoms with Crippen LogP contribution >= 0.6 is 0 Å². The highest BCUT2D eigenvalue weighted by molar-refractivity contribution is 5.99. The number of anilines is 1. The highest BCUT2D eigenvalue weighted by atomic mass is 19.1. The number of carbonyl (C=O) groups is 2. The average molecular weight is 509 g/mol. The molecule has 13 heteroatoms. The molecule has 1 N–H and O–H groups in total. The Morgan fingerprint density at radius 2 is 2.16 bits per heavy atom. The zero-order valence-corrected chi connectivity index (χ0v) is 19.9. The molecule has 192 valence electrons. The number of nitrogens with one attached hydrogen (secondary N) is 1. The first-order valence-electron chi connectivity index (χ1n) is 11.6. The number of esters is 1. The lowest BCUT2D eigenvalue weighted by Crippen LogP contribution is -2.26. The molecule has 1 saturated heterocycles. The summed E-state index contributed by atoms with van der Waals surface area (Å²) in [7, 11) is 1.66. The first-order valence-corrected chi connectivity index (χ1v) is 11.6. The van der Waals surface area contributed by atoms with E-state index in [1.54, 1.807) is 54.6 Å². The summed E-state index contributed by atoms with van der Waals surface area (Å²) in [6.45, 7) is 0.843. The SMILES string of the molecule is CNCC(=O)OC[C@@H]1CC(c2ccc(-c3ccc(N4C[C@H](Cn5ccnn5)OC4=O)cc3F)cn2)=NO1. The molecule has 0 saturated carbocycles. The third-order valence-electron chi connectivity index (χ3n) is 5.86. The van der Waals surface area contributed by atoms with Crippen molar-refractivity contribution in [3.8, 4) is 11.1 Å². The van der Waals surface area contributed by atoms with Crippen LogP contribution in [0.15, 0.2) is 54.1 Å². The Kier molecular flexibility index (Phi) is 7.03. The van der Waals surface area contributed by atoms with E-state index in [1.807, 2.05) is 0 Å². The molecule has 4 heterocycles. The number of oxime groups is 1. The number of benzene rings is 1. The number of pyridine rings is 1. The molecular weight excluding hydrogens is 485 g/mol. The van der Waals surface area contributed by atoms with Crippen LogP contribution in [0.2, 0.25) is 0 Å². The van der Waals surface area contributed by atoms with Crippen molar-refractivity contribution in [3.05, 3.63) is 60.4 Å². The molecule has 37 heavy (non-hydrogen) atoms.